The first-order valence-corrected chi connectivity index (χ1v) is 9.89. The third-order valence-corrected chi connectivity index (χ3v) is 7.14. The number of phenols is 1. The molecule has 2 atom stereocenters. The summed E-state index contributed by atoms with van der Waals surface area (Å²) in [5.41, 5.74) is 3.93. The van der Waals surface area contributed by atoms with Gasteiger partial charge in [-0.1, -0.05) is 60.7 Å². The van der Waals surface area contributed by atoms with Crippen LogP contribution in [0.4, 0.5) is 5.69 Å². The summed E-state index contributed by atoms with van der Waals surface area (Å²) in [5.74, 6) is -1.34. The number of amides is 2. The van der Waals surface area contributed by atoms with E-state index in [9.17, 15) is 14.7 Å². The van der Waals surface area contributed by atoms with E-state index in [2.05, 4.69) is 24.3 Å². The fourth-order valence-corrected chi connectivity index (χ4v) is 6.00. The van der Waals surface area contributed by atoms with Crippen LogP contribution in [-0.4, -0.2) is 16.9 Å². The van der Waals surface area contributed by atoms with Gasteiger partial charge in [0.05, 0.1) is 17.0 Å². The minimum absolute atomic E-state index is 0.0566. The van der Waals surface area contributed by atoms with Crippen molar-refractivity contribution in [3.63, 3.8) is 0 Å². The molecule has 3 aromatic carbocycles. The van der Waals surface area contributed by atoms with E-state index in [0.717, 1.165) is 22.3 Å². The van der Waals surface area contributed by atoms with Gasteiger partial charge in [0.25, 0.3) is 0 Å². The summed E-state index contributed by atoms with van der Waals surface area (Å²) in [4.78, 5) is 28.8. The number of aromatic hydroxyl groups is 1. The molecule has 7 rings (SSSR count). The van der Waals surface area contributed by atoms with Crippen LogP contribution in [-0.2, 0) is 9.59 Å². The lowest BCUT2D eigenvalue weighted by atomic mass is 9.48. The number of carbonyl (C=O) groups excluding carboxylic acids is 2. The van der Waals surface area contributed by atoms with Crippen molar-refractivity contribution >= 4 is 17.5 Å². The van der Waals surface area contributed by atoms with Crippen molar-refractivity contribution in [2.45, 2.75) is 18.8 Å². The standard InChI is InChI=1S/C25H19NO3/c1-25-21-16-10-4-2-8-14(16)20(15-9-3-5-11-17(15)21)22(25)23(28)26(24(25)29)18-12-6-7-13-19(18)27/h2-13,20-22,27H,1H3/t20?,21?,22-,25+/m1/s1. The Labute approximate surface area is 168 Å². The summed E-state index contributed by atoms with van der Waals surface area (Å²) in [6, 6.07) is 22.9. The second-order valence-electron chi connectivity index (χ2n) is 8.40. The van der Waals surface area contributed by atoms with Crippen molar-refractivity contribution < 1.29 is 14.7 Å². The van der Waals surface area contributed by atoms with E-state index in [1.807, 2.05) is 31.2 Å². The molecule has 4 heteroatoms. The number of hydrogen-bond acceptors (Lipinski definition) is 3. The average molecular weight is 381 g/mol. The lowest BCUT2D eigenvalue weighted by molar-refractivity contribution is -0.128. The molecule has 4 nitrogen and oxygen atoms in total. The van der Waals surface area contributed by atoms with Crippen LogP contribution in [0.15, 0.2) is 72.8 Å². The van der Waals surface area contributed by atoms with Crippen molar-refractivity contribution in [2.75, 3.05) is 4.90 Å². The first-order valence-electron chi connectivity index (χ1n) is 9.89. The Bertz CT molecular complexity index is 1170. The third-order valence-electron chi connectivity index (χ3n) is 7.14. The molecule has 3 aliphatic carbocycles. The van der Waals surface area contributed by atoms with Gasteiger partial charge in [0.15, 0.2) is 0 Å². The van der Waals surface area contributed by atoms with E-state index in [1.54, 1.807) is 18.2 Å². The predicted octanol–water partition coefficient (Wildman–Crippen LogP) is 4.18. The Balaban J connectivity index is 1.64. The number of imide groups is 1. The Kier molecular flexibility index (Phi) is 3.05. The van der Waals surface area contributed by atoms with Crippen LogP contribution in [0.25, 0.3) is 0 Å². The number of para-hydroxylation sites is 2. The molecule has 1 fully saturated rings. The number of hydrogen-bond donors (Lipinski definition) is 1. The lowest BCUT2D eigenvalue weighted by Crippen LogP contribution is -2.49. The molecule has 0 radical (unpaired) electrons. The minimum atomic E-state index is -0.882. The zero-order valence-electron chi connectivity index (χ0n) is 15.9. The normalized spacial score (nSPS) is 28.9. The van der Waals surface area contributed by atoms with Gasteiger partial charge in [-0.3, -0.25) is 9.59 Å². The summed E-state index contributed by atoms with van der Waals surface area (Å²) in [5, 5.41) is 10.4. The van der Waals surface area contributed by atoms with Crippen LogP contribution in [0.3, 0.4) is 0 Å². The molecule has 0 spiro atoms. The molecule has 0 unspecified atom stereocenters. The van der Waals surface area contributed by atoms with Crippen LogP contribution >= 0.6 is 0 Å². The summed E-state index contributed by atoms with van der Waals surface area (Å²) < 4.78 is 0. The van der Waals surface area contributed by atoms with Gasteiger partial charge in [0.2, 0.25) is 11.8 Å². The van der Waals surface area contributed by atoms with Crippen molar-refractivity contribution in [3.8, 4) is 5.75 Å². The molecule has 2 amide bonds. The maximum absolute atomic E-state index is 13.8. The van der Waals surface area contributed by atoms with Crippen molar-refractivity contribution in [2.24, 2.45) is 11.3 Å². The molecular weight excluding hydrogens is 362 g/mol. The second kappa shape index (κ2) is 5.35. The van der Waals surface area contributed by atoms with Gasteiger partial charge in [0.1, 0.15) is 5.75 Å². The van der Waals surface area contributed by atoms with Gasteiger partial charge in [-0.2, -0.15) is 0 Å². The first kappa shape index (κ1) is 16.5. The van der Waals surface area contributed by atoms with Gasteiger partial charge >= 0.3 is 0 Å². The first-order chi connectivity index (χ1) is 14.0. The monoisotopic (exact) mass is 381 g/mol. The number of anilines is 1. The number of benzene rings is 3. The fourth-order valence-electron chi connectivity index (χ4n) is 6.00. The van der Waals surface area contributed by atoms with E-state index in [-0.39, 0.29) is 35.1 Å². The summed E-state index contributed by atoms with van der Waals surface area (Å²) in [6.45, 7) is 1.93. The molecule has 1 aliphatic heterocycles. The third kappa shape index (κ3) is 1.80. The molecule has 1 saturated heterocycles. The Morgan fingerprint density at radius 2 is 1.31 bits per heavy atom. The fraction of sp³-hybridized carbons (Fsp3) is 0.200. The van der Waals surface area contributed by atoms with E-state index in [4.69, 9.17) is 0 Å². The van der Waals surface area contributed by atoms with Gasteiger partial charge < -0.3 is 5.11 Å². The maximum atomic E-state index is 13.8. The SMILES string of the molecule is C[C@@]12C(=O)N(c3ccccc3O)C(=O)[C@H]1C1c3ccccc3C2c2ccccc21. The minimum Gasteiger partial charge on any atom is -0.506 e. The van der Waals surface area contributed by atoms with E-state index in [1.165, 1.54) is 11.0 Å². The van der Waals surface area contributed by atoms with Gasteiger partial charge in [-0.25, -0.2) is 4.90 Å². The maximum Gasteiger partial charge on any atom is 0.241 e. The number of carbonyl (C=O) groups is 2. The van der Waals surface area contributed by atoms with Crippen LogP contribution < -0.4 is 4.90 Å². The molecule has 2 bridgehead atoms. The predicted molar refractivity (Wildman–Crippen MR) is 109 cm³/mol. The van der Waals surface area contributed by atoms with E-state index >= 15 is 0 Å². The lowest BCUT2D eigenvalue weighted by Gasteiger charge is -2.51. The zero-order valence-corrected chi connectivity index (χ0v) is 15.9. The number of nitrogens with zero attached hydrogens (tertiary/aromatic N) is 1. The van der Waals surface area contributed by atoms with Crippen molar-refractivity contribution in [1.82, 2.24) is 0 Å². The Morgan fingerprint density at radius 3 is 1.90 bits per heavy atom. The van der Waals surface area contributed by atoms with Gasteiger partial charge in [-0.05, 0) is 41.3 Å². The highest BCUT2D eigenvalue weighted by Gasteiger charge is 2.69. The summed E-state index contributed by atoms with van der Waals surface area (Å²) in [7, 11) is 0. The van der Waals surface area contributed by atoms with Gasteiger partial charge in [0, 0.05) is 11.8 Å². The molecular formula is C25H19NO3. The molecule has 0 saturated carbocycles. The highest BCUT2D eigenvalue weighted by molar-refractivity contribution is 6.25. The summed E-state index contributed by atoms with van der Waals surface area (Å²) in [6.07, 6.45) is 0. The number of rotatable bonds is 1. The highest BCUT2D eigenvalue weighted by atomic mass is 16.3. The molecule has 1 heterocycles. The summed E-state index contributed by atoms with van der Waals surface area (Å²) >= 11 is 0. The van der Waals surface area contributed by atoms with Crippen LogP contribution in [0.1, 0.15) is 41.0 Å². The molecule has 3 aromatic rings. The topological polar surface area (TPSA) is 57.6 Å². The van der Waals surface area contributed by atoms with Gasteiger partial charge in [-0.15, -0.1) is 0 Å². The van der Waals surface area contributed by atoms with Crippen molar-refractivity contribution in [3.05, 3.63) is 95.1 Å². The Morgan fingerprint density at radius 1 is 0.793 bits per heavy atom. The molecule has 29 heavy (non-hydrogen) atoms. The quantitative estimate of drug-likeness (QED) is 0.644. The molecule has 1 N–H and O–H groups in total. The van der Waals surface area contributed by atoms with Crippen LogP contribution in [0, 0.1) is 11.3 Å². The Hall–Kier alpha value is -3.40. The zero-order chi connectivity index (χ0) is 19.9. The van der Waals surface area contributed by atoms with Crippen molar-refractivity contribution in [1.29, 1.82) is 0 Å². The molecule has 0 aromatic heterocycles. The second-order valence-corrected chi connectivity index (χ2v) is 8.40. The van der Waals surface area contributed by atoms with Crippen LogP contribution in [0.5, 0.6) is 5.75 Å². The molecule has 4 aliphatic rings. The van der Waals surface area contributed by atoms with E-state index in [0.29, 0.717) is 0 Å². The largest absolute Gasteiger partial charge is 0.506 e. The van der Waals surface area contributed by atoms with Crippen LogP contribution in [0.2, 0.25) is 0 Å². The highest BCUT2D eigenvalue weighted by Crippen LogP contribution is 2.67. The number of phenolic OH excluding ortho intramolecular Hbond substituents is 1. The average Bonchev–Trinajstić information content (AvgIpc) is 2.95. The van der Waals surface area contributed by atoms with E-state index < -0.39 is 11.3 Å². The smallest absolute Gasteiger partial charge is 0.241 e. The molecule has 142 valence electrons.